The van der Waals surface area contributed by atoms with Gasteiger partial charge in [-0.05, 0) is 23.1 Å². The van der Waals surface area contributed by atoms with Crippen LogP contribution in [0.1, 0.15) is 11.7 Å². The lowest BCUT2D eigenvalue weighted by atomic mass is 10.1. The number of esters is 1. The Morgan fingerprint density at radius 2 is 2.19 bits per heavy atom. The molecule has 1 N–H and O–H groups in total. The molecule has 1 aromatic heterocycles. The van der Waals surface area contributed by atoms with Crippen molar-refractivity contribution in [2.24, 2.45) is 0 Å². The molecule has 1 aromatic carbocycles. The van der Waals surface area contributed by atoms with Crippen molar-refractivity contribution in [1.82, 2.24) is 4.98 Å². The monoisotopic (exact) mass is 217 g/mol. The van der Waals surface area contributed by atoms with Gasteiger partial charge in [0.2, 0.25) is 0 Å². The lowest BCUT2D eigenvalue weighted by Gasteiger charge is -2.09. The van der Waals surface area contributed by atoms with Crippen LogP contribution in [-0.2, 0) is 9.53 Å². The lowest BCUT2D eigenvalue weighted by molar-refractivity contribution is -0.150. The number of pyridine rings is 1. The molecule has 2 aromatic rings. The highest BCUT2D eigenvalue weighted by Crippen LogP contribution is 2.20. The molecule has 0 saturated heterocycles. The van der Waals surface area contributed by atoms with E-state index in [1.165, 1.54) is 7.11 Å². The molecule has 0 amide bonds. The molecule has 4 heteroatoms. The smallest absolute Gasteiger partial charge is 0.339 e. The molecule has 1 heterocycles. The van der Waals surface area contributed by atoms with Crippen LogP contribution in [0.4, 0.5) is 0 Å². The topological polar surface area (TPSA) is 59.4 Å². The van der Waals surface area contributed by atoms with Gasteiger partial charge in [-0.15, -0.1) is 0 Å². The lowest BCUT2D eigenvalue weighted by Crippen LogP contribution is -2.13. The number of carbonyl (C=O) groups excluding carboxylic acids is 1. The highest BCUT2D eigenvalue weighted by atomic mass is 16.5. The number of fused-ring (bicyclic) bond motifs is 1. The van der Waals surface area contributed by atoms with Crippen LogP contribution in [0.3, 0.4) is 0 Å². The van der Waals surface area contributed by atoms with E-state index in [9.17, 15) is 9.90 Å². The Labute approximate surface area is 92.5 Å². The molecule has 1 unspecified atom stereocenters. The van der Waals surface area contributed by atoms with Gasteiger partial charge in [0, 0.05) is 17.8 Å². The first kappa shape index (κ1) is 10.6. The number of aliphatic hydroxyl groups is 1. The molecule has 0 spiro atoms. The van der Waals surface area contributed by atoms with E-state index in [1.54, 1.807) is 24.5 Å². The molecule has 4 nitrogen and oxygen atoms in total. The maximum Gasteiger partial charge on any atom is 0.339 e. The van der Waals surface area contributed by atoms with E-state index >= 15 is 0 Å². The number of aliphatic hydroxyl groups excluding tert-OH is 1. The Morgan fingerprint density at radius 1 is 1.38 bits per heavy atom. The number of hydrogen-bond donors (Lipinski definition) is 1. The second kappa shape index (κ2) is 4.28. The molecular formula is C12H11NO3. The fourth-order valence-corrected chi connectivity index (χ4v) is 1.52. The minimum Gasteiger partial charge on any atom is -0.467 e. The zero-order valence-corrected chi connectivity index (χ0v) is 8.75. The largest absolute Gasteiger partial charge is 0.467 e. The van der Waals surface area contributed by atoms with Crippen molar-refractivity contribution in [3.8, 4) is 0 Å². The van der Waals surface area contributed by atoms with Crippen LogP contribution in [0, 0.1) is 0 Å². The normalized spacial score (nSPS) is 12.4. The minimum absolute atomic E-state index is 0.507. The van der Waals surface area contributed by atoms with Crippen LogP contribution >= 0.6 is 0 Å². The van der Waals surface area contributed by atoms with Gasteiger partial charge in [0.15, 0.2) is 6.10 Å². The Balaban J connectivity index is 2.43. The third-order valence-corrected chi connectivity index (χ3v) is 2.40. The second-order valence-electron chi connectivity index (χ2n) is 3.41. The number of methoxy groups -OCH3 is 1. The fraction of sp³-hybridized carbons (Fsp3) is 0.167. The van der Waals surface area contributed by atoms with Crippen LogP contribution < -0.4 is 0 Å². The van der Waals surface area contributed by atoms with Crippen molar-refractivity contribution in [3.05, 3.63) is 42.2 Å². The van der Waals surface area contributed by atoms with Crippen molar-refractivity contribution >= 4 is 16.7 Å². The average molecular weight is 217 g/mol. The predicted octanol–water partition coefficient (Wildman–Crippen LogP) is 1.44. The second-order valence-corrected chi connectivity index (χ2v) is 3.41. The number of carbonyl (C=O) groups is 1. The summed E-state index contributed by atoms with van der Waals surface area (Å²) in [7, 11) is 1.24. The summed E-state index contributed by atoms with van der Waals surface area (Å²) in [4.78, 5) is 15.1. The molecule has 0 radical (unpaired) electrons. The zero-order chi connectivity index (χ0) is 11.5. The summed E-state index contributed by atoms with van der Waals surface area (Å²) >= 11 is 0. The Morgan fingerprint density at radius 3 is 2.94 bits per heavy atom. The van der Waals surface area contributed by atoms with Gasteiger partial charge in [-0.1, -0.05) is 12.1 Å². The highest BCUT2D eigenvalue weighted by Gasteiger charge is 2.17. The molecular weight excluding hydrogens is 206 g/mol. The van der Waals surface area contributed by atoms with Gasteiger partial charge in [-0.2, -0.15) is 0 Å². The van der Waals surface area contributed by atoms with Crippen molar-refractivity contribution in [2.75, 3.05) is 7.11 Å². The summed E-state index contributed by atoms with van der Waals surface area (Å²) in [6.45, 7) is 0. The van der Waals surface area contributed by atoms with E-state index in [0.29, 0.717) is 5.56 Å². The Kier molecular flexibility index (Phi) is 2.83. The van der Waals surface area contributed by atoms with Gasteiger partial charge < -0.3 is 9.84 Å². The van der Waals surface area contributed by atoms with E-state index in [1.807, 2.05) is 12.1 Å². The molecule has 2 rings (SSSR count). The summed E-state index contributed by atoms with van der Waals surface area (Å²) in [5, 5.41) is 11.5. The Hall–Kier alpha value is -1.94. The number of hydrogen-bond acceptors (Lipinski definition) is 4. The van der Waals surface area contributed by atoms with Crippen molar-refractivity contribution < 1.29 is 14.6 Å². The molecule has 82 valence electrons. The quantitative estimate of drug-likeness (QED) is 0.773. The van der Waals surface area contributed by atoms with Crippen molar-refractivity contribution in [2.45, 2.75) is 6.10 Å². The first-order valence-corrected chi connectivity index (χ1v) is 4.82. The van der Waals surface area contributed by atoms with Gasteiger partial charge in [0.05, 0.1) is 7.11 Å². The molecule has 0 fully saturated rings. The summed E-state index contributed by atoms with van der Waals surface area (Å²) in [5.41, 5.74) is 0.507. The van der Waals surface area contributed by atoms with E-state index in [-0.39, 0.29) is 0 Å². The van der Waals surface area contributed by atoms with E-state index in [2.05, 4.69) is 9.72 Å². The maximum atomic E-state index is 11.2. The number of aromatic nitrogens is 1. The maximum absolute atomic E-state index is 11.2. The van der Waals surface area contributed by atoms with Crippen LogP contribution in [0.2, 0.25) is 0 Å². The first-order chi connectivity index (χ1) is 7.72. The number of ether oxygens (including phenoxy) is 1. The Bertz CT molecular complexity index is 524. The molecule has 1 atom stereocenters. The molecule has 0 bridgehead atoms. The zero-order valence-electron chi connectivity index (χ0n) is 8.75. The van der Waals surface area contributed by atoms with Crippen molar-refractivity contribution in [1.29, 1.82) is 0 Å². The molecule has 0 aliphatic carbocycles. The van der Waals surface area contributed by atoms with Gasteiger partial charge >= 0.3 is 5.97 Å². The van der Waals surface area contributed by atoms with Crippen LogP contribution in [0.25, 0.3) is 10.8 Å². The summed E-state index contributed by atoms with van der Waals surface area (Å²) in [5.74, 6) is -0.664. The van der Waals surface area contributed by atoms with Crippen molar-refractivity contribution in [3.63, 3.8) is 0 Å². The average Bonchev–Trinajstić information content (AvgIpc) is 2.36. The SMILES string of the molecule is COC(=O)C(O)c1ccc2ccncc2c1. The van der Waals surface area contributed by atoms with E-state index < -0.39 is 12.1 Å². The predicted molar refractivity (Wildman–Crippen MR) is 58.7 cm³/mol. The molecule has 0 aliphatic rings. The van der Waals surface area contributed by atoms with Gasteiger partial charge in [0.25, 0.3) is 0 Å². The molecule has 0 aliphatic heterocycles. The standard InChI is InChI=1S/C12H11NO3/c1-16-12(15)11(14)9-3-2-8-4-5-13-7-10(8)6-9/h2-7,11,14H,1H3. The van der Waals surface area contributed by atoms with Crippen LogP contribution in [-0.4, -0.2) is 23.2 Å². The highest BCUT2D eigenvalue weighted by molar-refractivity contribution is 5.84. The number of rotatable bonds is 2. The van der Waals surface area contributed by atoms with Gasteiger partial charge in [-0.3, -0.25) is 4.98 Å². The minimum atomic E-state index is -1.24. The molecule has 16 heavy (non-hydrogen) atoms. The summed E-state index contributed by atoms with van der Waals surface area (Å²) in [6, 6.07) is 7.12. The van der Waals surface area contributed by atoms with Crippen LogP contribution in [0.5, 0.6) is 0 Å². The third-order valence-electron chi connectivity index (χ3n) is 2.40. The molecule has 0 saturated carbocycles. The summed E-state index contributed by atoms with van der Waals surface area (Å²) < 4.78 is 4.47. The summed E-state index contributed by atoms with van der Waals surface area (Å²) in [6.07, 6.45) is 2.14. The van der Waals surface area contributed by atoms with E-state index in [0.717, 1.165) is 10.8 Å². The fourth-order valence-electron chi connectivity index (χ4n) is 1.52. The third kappa shape index (κ3) is 1.87. The van der Waals surface area contributed by atoms with Gasteiger partial charge in [-0.25, -0.2) is 4.79 Å². The number of nitrogens with zero attached hydrogens (tertiary/aromatic N) is 1. The van der Waals surface area contributed by atoms with Gasteiger partial charge in [0.1, 0.15) is 0 Å². The van der Waals surface area contributed by atoms with Crippen LogP contribution in [0.15, 0.2) is 36.7 Å². The number of benzene rings is 1. The van der Waals surface area contributed by atoms with E-state index in [4.69, 9.17) is 0 Å². The first-order valence-electron chi connectivity index (χ1n) is 4.82.